The fraction of sp³-hybridized carbons (Fsp3) is 0.267. The molecule has 2 aromatic rings. The molecule has 102 valence electrons. The predicted molar refractivity (Wildman–Crippen MR) is 77.5 cm³/mol. The van der Waals surface area contributed by atoms with Crippen molar-refractivity contribution >= 4 is 17.4 Å². The van der Waals surface area contributed by atoms with Crippen molar-refractivity contribution in [2.24, 2.45) is 0 Å². The number of amides is 1. The van der Waals surface area contributed by atoms with Crippen molar-refractivity contribution in [3.05, 3.63) is 48.9 Å². The average molecular weight is 268 g/mol. The van der Waals surface area contributed by atoms with E-state index in [1.807, 2.05) is 35.2 Å². The summed E-state index contributed by atoms with van der Waals surface area (Å²) in [5.41, 5.74) is 0.947. The van der Waals surface area contributed by atoms with Crippen molar-refractivity contribution in [3.63, 3.8) is 0 Å². The Morgan fingerprint density at radius 1 is 1.20 bits per heavy atom. The minimum absolute atomic E-state index is 0.0908. The topological polar surface area (TPSA) is 58.1 Å². The van der Waals surface area contributed by atoms with Crippen LogP contribution < -0.4 is 10.2 Å². The molecule has 2 heterocycles. The molecule has 1 fully saturated rings. The molecule has 0 saturated carbocycles. The van der Waals surface area contributed by atoms with Crippen molar-refractivity contribution in [1.29, 1.82) is 0 Å². The molecule has 1 amide bonds. The zero-order chi connectivity index (χ0) is 13.8. The Bertz CT molecular complexity index is 573. The number of anilines is 2. The first-order valence-electron chi connectivity index (χ1n) is 6.73. The lowest BCUT2D eigenvalue weighted by atomic mass is 10.0. The Hall–Kier alpha value is -2.43. The first kappa shape index (κ1) is 12.6. The third kappa shape index (κ3) is 2.61. The number of benzene rings is 1. The summed E-state index contributed by atoms with van der Waals surface area (Å²) in [4.78, 5) is 22.5. The van der Waals surface area contributed by atoms with E-state index in [1.165, 1.54) is 0 Å². The Balaban J connectivity index is 1.76. The SMILES string of the molecule is O=C1[C@@H](Nc2cnccn2)CCCN1c1ccccc1. The fourth-order valence-electron chi connectivity index (χ4n) is 2.43. The number of piperidine rings is 1. The molecule has 3 rings (SSSR count). The van der Waals surface area contributed by atoms with Crippen LogP contribution in [0.3, 0.4) is 0 Å². The largest absolute Gasteiger partial charge is 0.357 e. The molecule has 0 bridgehead atoms. The summed E-state index contributed by atoms with van der Waals surface area (Å²) in [6, 6.07) is 9.53. The van der Waals surface area contributed by atoms with Crippen LogP contribution in [0.4, 0.5) is 11.5 Å². The van der Waals surface area contributed by atoms with E-state index >= 15 is 0 Å². The molecule has 1 N–H and O–H groups in total. The number of hydrogen-bond acceptors (Lipinski definition) is 4. The van der Waals surface area contributed by atoms with Crippen LogP contribution in [-0.4, -0.2) is 28.5 Å². The number of carbonyl (C=O) groups is 1. The van der Waals surface area contributed by atoms with Crippen LogP contribution in [0.25, 0.3) is 0 Å². The molecule has 0 aliphatic carbocycles. The van der Waals surface area contributed by atoms with E-state index in [0.29, 0.717) is 5.82 Å². The van der Waals surface area contributed by atoms with Gasteiger partial charge in [-0.05, 0) is 25.0 Å². The van der Waals surface area contributed by atoms with Crippen molar-refractivity contribution in [1.82, 2.24) is 9.97 Å². The van der Waals surface area contributed by atoms with Gasteiger partial charge in [0.25, 0.3) is 0 Å². The molecule has 1 atom stereocenters. The maximum absolute atomic E-state index is 12.5. The van der Waals surface area contributed by atoms with E-state index in [-0.39, 0.29) is 11.9 Å². The fourth-order valence-corrected chi connectivity index (χ4v) is 2.43. The van der Waals surface area contributed by atoms with E-state index in [1.54, 1.807) is 18.6 Å². The minimum Gasteiger partial charge on any atom is -0.357 e. The van der Waals surface area contributed by atoms with Crippen LogP contribution in [0.5, 0.6) is 0 Å². The quantitative estimate of drug-likeness (QED) is 0.926. The smallest absolute Gasteiger partial charge is 0.249 e. The summed E-state index contributed by atoms with van der Waals surface area (Å²) in [6.45, 7) is 0.765. The standard InChI is InChI=1S/C15H16N4O/c20-15-13(18-14-11-16-8-9-17-14)7-4-10-19(15)12-5-2-1-3-6-12/h1-3,5-6,8-9,11,13H,4,7,10H2,(H,17,18)/t13-/m0/s1. The van der Waals surface area contributed by atoms with Gasteiger partial charge in [-0.3, -0.25) is 9.78 Å². The number of para-hydroxylation sites is 1. The summed E-state index contributed by atoms with van der Waals surface area (Å²) >= 11 is 0. The van der Waals surface area contributed by atoms with Crippen LogP contribution in [0.2, 0.25) is 0 Å². The molecule has 1 aromatic heterocycles. The molecule has 5 nitrogen and oxygen atoms in total. The first-order chi connectivity index (χ1) is 9.84. The maximum atomic E-state index is 12.5. The van der Waals surface area contributed by atoms with Gasteiger partial charge in [0.05, 0.1) is 6.20 Å². The summed E-state index contributed by atoms with van der Waals surface area (Å²) in [6.07, 6.45) is 6.65. The zero-order valence-electron chi connectivity index (χ0n) is 11.1. The van der Waals surface area contributed by atoms with Gasteiger partial charge in [-0.15, -0.1) is 0 Å². The number of nitrogens with zero attached hydrogens (tertiary/aromatic N) is 3. The van der Waals surface area contributed by atoms with Gasteiger partial charge in [0.15, 0.2) is 0 Å². The first-order valence-corrected chi connectivity index (χ1v) is 6.73. The Labute approximate surface area is 117 Å². The number of aromatic nitrogens is 2. The lowest BCUT2D eigenvalue weighted by Crippen LogP contribution is -2.47. The number of nitrogens with one attached hydrogen (secondary N) is 1. The highest BCUT2D eigenvalue weighted by atomic mass is 16.2. The van der Waals surface area contributed by atoms with Gasteiger partial charge in [-0.1, -0.05) is 18.2 Å². The maximum Gasteiger partial charge on any atom is 0.249 e. The Morgan fingerprint density at radius 3 is 2.80 bits per heavy atom. The Kier molecular flexibility index (Phi) is 3.58. The molecule has 1 saturated heterocycles. The van der Waals surface area contributed by atoms with Crippen molar-refractivity contribution in [2.45, 2.75) is 18.9 Å². The van der Waals surface area contributed by atoms with Gasteiger partial charge in [0.1, 0.15) is 11.9 Å². The lowest BCUT2D eigenvalue weighted by molar-refractivity contribution is -0.120. The van der Waals surface area contributed by atoms with Crippen LogP contribution in [0, 0.1) is 0 Å². The third-order valence-corrected chi connectivity index (χ3v) is 3.39. The Morgan fingerprint density at radius 2 is 2.05 bits per heavy atom. The van der Waals surface area contributed by atoms with Gasteiger partial charge in [-0.2, -0.15) is 0 Å². The van der Waals surface area contributed by atoms with Crippen LogP contribution >= 0.6 is 0 Å². The van der Waals surface area contributed by atoms with E-state index in [2.05, 4.69) is 15.3 Å². The molecule has 1 aromatic carbocycles. The predicted octanol–water partition coefficient (Wildman–Crippen LogP) is 2.08. The molecule has 5 heteroatoms. The number of rotatable bonds is 3. The second-order valence-corrected chi connectivity index (χ2v) is 4.76. The second-order valence-electron chi connectivity index (χ2n) is 4.76. The molecule has 0 unspecified atom stereocenters. The van der Waals surface area contributed by atoms with E-state index in [4.69, 9.17) is 0 Å². The highest BCUT2D eigenvalue weighted by Gasteiger charge is 2.29. The summed E-state index contributed by atoms with van der Waals surface area (Å²) in [5.74, 6) is 0.730. The number of hydrogen-bond donors (Lipinski definition) is 1. The van der Waals surface area contributed by atoms with Gasteiger partial charge in [-0.25, -0.2) is 4.98 Å². The zero-order valence-corrected chi connectivity index (χ0v) is 11.1. The summed E-state index contributed by atoms with van der Waals surface area (Å²) in [5, 5.41) is 3.17. The molecule has 0 radical (unpaired) electrons. The lowest BCUT2D eigenvalue weighted by Gasteiger charge is -2.32. The third-order valence-electron chi connectivity index (χ3n) is 3.39. The van der Waals surface area contributed by atoms with Crippen molar-refractivity contribution in [3.8, 4) is 0 Å². The molecule has 1 aliphatic heterocycles. The van der Waals surface area contributed by atoms with Gasteiger partial charge in [0, 0.05) is 24.6 Å². The summed E-state index contributed by atoms with van der Waals surface area (Å²) in [7, 11) is 0. The average Bonchev–Trinajstić information content (AvgIpc) is 2.51. The van der Waals surface area contributed by atoms with Crippen molar-refractivity contribution in [2.75, 3.05) is 16.8 Å². The van der Waals surface area contributed by atoms with Crippen LogP contribution in [0.1, 0.15) is 12.8 Å². The minimum atomic E-state index is -0.236. The van der Waals surface area contributed by atoms with Gasteiger partial charge in [0.2, 0.25) is 5.91 Å². The van der Waals surface area contributed by atoms with E-state index in [0.717, 1.165) is 25.1 Å². The summed E-state index contributed by atoms with van der Waals surface area (Å²) < 4.78 is 0. The van der Waals surface area contributed by atoms with Crippen LogP contribution in [-0.2, 0) is 4.79 Å². The van der Waals surface area contributed by atoms with E-state index in [9.17, 15) is 4.79 Å². The highest BCUT2D eigenvalue weighted by molar-refractivity contribution is 5.99. The molecule has 20 heavy (non-hydrogen) atoms. The molecular weight excluding hydrogens is 252 g/mol. The van der Waals surface area contributed by atoms with Crippen molar-refractivity contribution < 1.29 is 4.79 Å². The number of carbonyl (C=O) groups excluding carboxylic acids is 1. The highest BCUT2D eigenvalue weighted by Crippen LogP contribution is 2.22. The normalized spacial score (nSPS) is 18.9. The molecule has 0 spiro atoms. The van der Waals surface area contributed by atoms with Gasteiger partial charge < -0.3 is 10.2 Å². The van der Waals surface area contributed by atoms with Gasteiger partial charge >= 0.3 is 0 Å². The molecular formula is C15H16N4O. The van der Waals surface area contributed by atoms with E-state index < -0.39 is 0 Å². The monoisotopic (exact) mass is 268 g/mol. The second kappa shape index (κ2) is 5.69. The molecule has 1 aliphatic rings. The van der Waals surface area contributed by atoms with Crippen LogP contribution in [0.15, 0.2) is 48.9 Å².